The standard InChI is InChI=1S/C13H20N6O2/c1-8-12(15-16-18(8)3)14-13(21)9-4-11(20)19(5-9)10-6-17(2)7-10/h9-10H,4-7H2,1-3H3,(H,14,21). The molecule has 3 heterocycles. The van der Waals surface area contributed by atoms with Crippen LogP contribution < -0.4 is 5.32 Å². The first-order chi connectivity index (χ1) is 9.95. The molecule has 2 fully saturated rings. The highest BCUT2D eigenvalue weighted by molar-refractivity contribution is 5.97. The predicted molar refractivity (Wildman–Crippen MR) is 75.5 cm³/mol. The van der Waals surface area contributed by atoms with E-state index in [0.717, 1.165) is 18.8 Å². The fourth-order valence-corrected chi connectivity index (χ4v) is 2.86. The number of carbonyl (C=O) groups is 2. The molecule has 2 amide bonds. The van der Waals surface area contributed by atoms with Crippen LogP contribution in [0.3, 0.4) is 0 Å². The summed E-state index contributed by atoms with van der Waals surface area (Å²) >= 11 is 0. The van der Waals surface area contributed by atoms with Crippen LogP contribution in [0, 0.1) is 12.8 Å². The Balaban J connectivity index is 1.61. The minimum Gasteiger partial charge on any atom is -0.336 e. The zero-order valence-electron chi connectivity index (χ0n) is 12.5. The van der Waals surface area contributed by atoms with Crippen LogP contribution in [0.2, 0.25) is 0 Å². The minimum absolute atomic E-state index is 0.0733. The molecule has 21 heavy (non-hydrogen) atoms. The van der Waals surface area contributed by atoms with Crippen molar-refractivity contribution in [2.45, 2.75) is 19.4 Å². The molecule has 2 aliphatic heterocycles. The first-order valence-corrected chi connectivity index (χ1v) is 7.11. The molecule has 0 saturated carbocycles. The lowest BCUT2D eigenvalue weighted by atomic mass is 10.1. The van der Waals surface area contributed by atoms with Gasteiger partial charge in [-0.2, -0.15) is 0 Å². The number of aryl methyl sites for hydroxylation is 1. The normalized spacial score (nSPS) is 23.5. The molecule has 0 spiro atoms. The van der Waals surface area contributed by atoms with E-state index >= 15 is 0 Å². The molecule has 0 aromatic carbocycles. The van der Waals surface area contributed by atoms with Gasteiger partial charge in [-0.3, -0.25) is 14.3 Å². The Morgan fingerprint density at radius 3 is 2.57 bits per heavy atom. The summed E-state index contributed by atoms with van der Waals surface area (Å²) in [6.45, 7) is 4.13. The smallest absolute Gasteiger partial charge is 0.231 e. The highest BCUT2D eigenvalue weighted by atomic mass is 16.2. The zero-order chi connectivity index (χ0) is 15.1. The number of likely N-dealkylation sites (tertiary alicyclic amines) is 2. The summed E-state index contributed by atoms with van der Waals surface area (Å²) in [5, 5.41) is 10.5. The molecule has 1 atom stereocenters. The predicted octanol–water partition coefficient (Wildman–Crippen LogP) is -0.775. The molecular weight excluding hydrogens is 272 g/mol. The lowest BCUT2D eigenvalue weighted by Crippen LogP contribution is -2.58. The molecular formula is C13H20N6O2. The largest absolute Gasteiger partial charge is 0.336 e. The van der Waals surface area contributed by atoms with Gasteiger partial charge in [0.2, 0.25) is 11.8 Å². The quantitative estimate of drug-likeness (QED) is 0.790. The summed E-state index contributed by atoms with van der Waals surface area (Å²) in [6.07, 6.45) is 0.283. The number of hydrogen-bond donors (Lipinski definition) is 1. The first-order valence-electron chi connectivity index (χ1n) is 7.11. The second kappa shape index (κ2) is 5.10. The van der Waals surface area contributed by atoms with Crippen LogP contribution in [0.5, 0.6) is 0 Å². The Morgan fingerprint density at radius 2 is 2.00 bits per heavy atom. The van der Waals surface area contributed by atoms with E-state index in [1.54, 1.807) is 11.7 Å². The molecule has 114 valence electrons. The van der Waals surface area contributed by atoms with E-state index in [2.05, 4.69) is 20.5 Å². The minimum atomic E-state index is -0.301. The fraction of sp³-hybridized carbons (Fsp3) is 0.692. The Kier molecular flexibility index (Phi) is 3.40. The number of nitrogens with one attached hydrogen (secondary N) is 1. The number of carbonyl (C=O) groups excluding carboxylic acids is 2. The SMILES string of the molecule is Cc1c(NC(=O)C2CC(=O)N(C3CN(C)C3)C2)nnn1C. The van der Waals surface area contributed by atoms with Crippen molar-refractivity contribution >= 4 is 17.6 Å². The van der Waals surface area contributed by atoms with E-state index in [4.69, 9.17) is 0 Å². The van der Waals surface area contributed by atoms with Crippen molar-refractivity contribution in [1.82, 2.24) is 24.8 Å². The van der Waals surface area contributed by atoms with Gasteiger partial charge in [-0.05, 0) is 14.0 Å². The van der Waals surface area contributed by atoms with Gasteiger partial charge >= 0.3 is 0 Å². The molecule has 1 unspecified atom stereocenters. The molecule has 1 aromatic heterocycles. The number of amides is 2. The van der Waals surface area contributed by atoms with Gasteiger partial charge in [0.25, 0.3) is 0 Å². The van der Waals surface area contributed by atoms with Crippen LogP contribution in [0.4, 0.5) is 5.82 Å². The number of nitrogens with zero attached hydrogens (tertiary/aromatic N) is 5. The number of likely N-dealkylation sites (N-methyl/N-ethyl adjacent to an activating group) is 1. The van der Waals surface area contributed by atoms with Crippen LogP contribution in [-0.4, -0.2) is 69.3 Å². The Hall–Kier alpha value is -1.96. The maximum atomic E-state index is 12.3. The van der Waals surface area contributed by atoms with Gasteiger partial charge in [-0.15, -0.1) is 5.10 Å². The summed E-state index contributed by atoms with van der Waals surface area (Å²) < 4.78 is 1.60. The van der Waals surface area contributed by atoms with Crippen molar-refractivity contribution < 1.29 is 9.59 Å². The number of aromatic nitrogens is 3. The summed E-state index contributed by atoms with van der Waals surface area (Å²) in [4.78, 5) is 28.3. The van der Waals surface area contributed by atoms with Crippen molar-refractivity contribution in [1.29, 1.82) is 0 Å². The van der Waals surface area contributed by atoms with E-state index in [1.165, 1.54) is 0 Å². The summed E-state index contributed by atoms with van der Waals surface area (Å²) in [5.74, 6) is 0.0906. The monoisotopic (exact) mass is 292 g/mol. The van der Waals surface area contributed by atoms with Gasteiger partial charge in [0.1, 0.15) is 0 Å². The molecule has 3 rings (SSSR count). The van der Waals surface area contributed by atoms with E-state index in [-0.39, 0.29) is 30.2 Å². The van der Waals surface area contributed by atoms with Gasteiger partial charge in [0.15, 0.2) is 5.82 Å². The lowest BCUT2D eigenvalue weighted by Gasteiger charge is -2.42. The van der Waals surface area contributed by atoms with Gasteiger partial charge in [-0.1, -0.05) is 5.21 Å². The van der Waals surface area contributed by atoms with E-state index in [1.807, 2.05) is 18.9 Å². The average molecular weight is 292 g/mol. The number of rotatable bonds is 3. The second-order valence-electron chi connectivity index (χ2n) is 5.96. The number of anilines is 1. The summed E-state index contributed by atoms with van der Waals surface area (Å²) in [5.41, 5.74) is 0.796. The van der Waals surface area contributed by atoms with Crippen molar-refractivity contribution in [2.24, 2.45) is 13.0 Å². The van der Waals surface area contributed by atoms with Crippen LogP contribution in [-0.2, 0) is 16.6 Å². The average Bonchev–Trinajstić information content (AvgIpc) is 2.93. The molecule has 8 nitrogen and oxygen atoms in total. The fourth-order valence-electron chi connectivity index (χ4n) is 2.86. The van der Waals surface area contributed by atoms with E-state index < -0.39 is 0 Å². The Bertz CT molecular complexity index is 577. The molecule has 1 aromatic rings. The van der Waals surface area contributed by atoms with Crippen LogP contribution in [0.25, 0.3) is 0 Å². The third kappa shape index (κ3) is 2.51. The third-order valence-corrected chi connectivity index (χ3v) is 4.36. The first kappa shape index (κ1) is 14.0. The molecule has 0 radical (unpaired) electrons. The van der Waals surface area contributed by atoms with Crippen LogP contribution >= 0.6 is 0 Å². The molecule has 0 aliphatic carbocycles. The summed E-state index contributed by atoms with van der Waals surface area (Å²) in [6, 6.07) is 0.263. The van der Waals surface area contributed by atoms with E-state index in [9.17, 15) is 9.59 Å². The maximum absolute atomic E-state index is 12.3. The van der Waals surface area contributed by atoms with Gasteiger partial charge in [0.05, 0.1) is 17.7 Å². The van der Waals surface area contributed by atoms with Gasteiger partial charge in [-0.25, -0.2) is 0 Å². The van der Waals surface area contributed by atoms with Crippen molar-refractivity contribution in [2.75, 3.05) is 32.0 Å². The molecule has 1 N–H and O–H groups in total. The molecule has 8 heteroatoms. The van der Waals surface area contributed by atoms with Crippen molar-refractivity contribution in [3.8, 4) is 0 Å². The van der Waals surface area contributed by atoms with Crippen LogP contribution in [0.15, 0.2) is 0 Å². The molecule has 0 bridgehead atoms. The Labute approximate surface area is 123 Å². The van der Waals surface area contributed by atoms with Crippen molar-refractivity contribution in [3.63, 3.8) is 0 Å². The van der Waals surface area contributed by atoms with E-state index in [0.29, 0.717) is 12.4 Å². The van der Waals surface area contributed by atoms with Crippen molar-refractivity contribution in [3.05, 3.63) is 5.69 Å². The van der Waals surface area contributed by atoms with Gasteiger partial charge < -0.3 is 15.1 Å². The maximum Gasteiger partial charge on any atom is 0.231 e. The third-order valence-electron chi connectivity index (χ3n) is 4.36. The summed E-state index contributed by atoms with van der Waals surface area (Å²) in [7, 11) is 3.80. The second-order valence-corrected chi connectivity index (χ2v) is 5.96. The highest BCUT2D eigenvalue weighted by Crippen LogP contribution is 2.25. The molecule has 2 saturated heterocycles. The number of hydrogen-bond acceptors (Lipinski definition) is 5. The highest BCUT2D eigenvalue weighted by Gasteiger charge is 2.41. The van der Waals surface area contributed by atoms with Crippen LogP contribution in [0.1, 0.15) is 12.1 Å². The molecule has 2 aliphatic rings. The Morgan fingerprint density at radius 1 is 1.29 bits per heavy atom. The lowest BCUT2D eigenvalue weighted by molar-refractivity contribution is -0.132. The zero-order valence-corrected chi connectivity index (χ0v) is 12.5. The van der Waals surface area contributed by atoms with Gasteiger partial charge in [0, 0.05) is 33.1 Å². The topological polar surface area (TPSA) is 83.4 Å².